The zero-order chi connectivity index (χ0) is 13.3. The molecule has 2 nitrogen and oxygen atoms in total. The van der Waals surface area contributed by atoms with Crippen molar-refractivity contribution in [1.29, 1.82) is 0 Å². The van der Waals surface area contributed by atoms with Gasteiger partial charge in [-0.1, -0.05) is 30.9 Å². The van der Waals surface area contributed by atoms with Gasteiger partial charge in [-0.3, -0.25) is 0 Å². The summed E-state index contributed by atoms with van der Waals surface area (Å²) in [6, 6.07) is 5.89. The highest BCUT2D eigenvalue weighted by Crippen LogP contribution is 2.44. The molecule has 1 aromatic rings. The highest BCUT2D eigenvalue weighted by molar-refractivity contribution is 6.30. The maximum Gasteiger partial charge on any atom is 0.125 e. The van der Waals surface area contributed by atoms with Gasteiger partial charge in [-0.2, -0.15) is 0 Å². The van der Waals surface area contributed by atoms with Crippen molar-refractivity contribution in [2.75, 3.05) is 0 Å². The number of ether oxygens (including phenoxy) is 1. The molecule has 1 unspecified atom stereocenters. The van der Waals surface area contributed by atoms with Crippen LogP contribution < -0.4 is 10.5 Å². The second-order valence-corrected chi connectivity index (χ2v) is 6.48. The van der Waals surface area contributed by atoms with E-state index in [1.54, 1.807) is 0 Å². The summed E-state index contributed by atoms with van der Waals surface area (Å²) in [6.07, 6.45) is 9.76. The van der Waals surface area contributed by atoms with E-state index in [2.05, 4.69) is 0 Å². The molecule has 0 amide bonds. The highest BCUT2D eigenvalue weighted by atomic mass is 35.5. The minimum absolute atomic E-state index is 0.0271. The minimum Gasteiger partial charge on any atom is -0.487 e. The summed E-state index contributed by atoms with van der Waals surface area (Å²) in [4.78, 5) is 0. The van der Waals surface area contributed by atoms with Crippen molar-refractivity contribution < 1.29 is 4.74 Å². The van der Waals surface area contributed by atoms with Gasteiger partial charge in [0, 0.05) is 23.0 Å². The van der Waals surface area contributed by atoms with Gasteiger partial charge >= 0.3 is 0 Å². The van der Waals surface area contributed by atoms with E-state index in [4.69, 9.17) is 22.1 Å². The number of fused-ring (bicyclic) bond motifs is 1. The van der Waals surface area contributed by atoms with E-state index in [0.717, 1.165) is 35.6 Å². The van der Waals surface area contributed by atoms with Crippen molar-refractivity contribution in [3.63, 3.8) is 0 Å². The van der Waals surface area contributed by atoms with Crippen LogP contribution in [-0.2, 0) is 0 Å². The zero-order valence-electron chi connectivity index (χ0n) is 11.3. The molecule has 0 radical (unpaired) electrons. The molecule has 1 heterocycles. The Bertz CT molecular complexity index is 452. The fraction of sp³-hybridized carbons (Fsp3) is 0.625. The first-order chi connectivity index (χ1) is 9.19. The Hall–Kier alpha value is -0.730. The lowest BCUT2D eigenvalue weighted by molar-refractivity contribution is 0.0113. The highest BCUT2D eigenvalue weighted by Gasteiger charge is 2.39. The molecule has 2 aliphatic rings. The lowest BCUT2D eigenvalue weighted by Gasteiger charge is -2.42. The smallest absolute Gasteiger partial charge is 0.125 e. The van der Waals surface area contributed by atoms with Gasteiger partial charge in [0.25, 0.3) is 0 Å². The molecular formula is C16H22ClNO. The fourth-order valence-electron chi connectivity index (χ4n) is 3.54. The van der Waals surface area contributed by atoms with Crippen molar-refractivity contribution in [3.05, 3.63) is 28.8 Å². The zero-order valence-corrected chi connectivity index (χ0v) is 12.1. The molecule has 1 aliphatic heterocycles. The molecule has 1 fully saturated rings. The first-order valence-corrected chi connectivity index (χ1v) is 7.80. The van der Waals surface area contributed by atoms with Crippen molar-refractivity contribution in [1.82, 2.24) is 0 Å². The van der Waals surface area contributed by atoms with Gasteiger partial charge in [-0.05, 0) is 43.9 Å². The van der Waals surface area contributed by atoms with Gasteiger partial charge in [0.1, 0.15) is 11.4 Å². The van der Waals surface area contributed by atoms with Gasteiger partial charge < -0.3 is 10.5 Å². The predicted molar refractivity (Wildman–Crippen MR) is 78.7 cm³/mol. The summed E-state index contributed by atoms with van der Waals surface area (Å²) in [5.41, 5.74) is 7.41. The van der Waals surface area contributed by atoms with Crippen LogP contribution in [0.3, 0.4) is 0 Å². The molecule has 0 aromatic heterocycles. The van der Waals surface area contributed by atoms with Crippen LogP contribution in [0.15, 0.2) is 18.2 Å². The Morgan fingerprint density at radius 2 is 1.79 bits per heavy atom. The normalized spacial score (nSPS) is 26.1. The van der Waals surface area contributed by atoms with E-state index in [0.29, 0.717) is 0 Å². The van der Waals surface area contributed by atoms with E-state index in [-0.39, 0.29) is 11.6 Å². The van der Waals surface area contributed by atoms with Crippen molar-refractivity contribution in [2.24, 2.45) is 5.73 Å². The van der Waals surface area contributed by atoms with E-state index in [1.807, 2.05) is 18.2 Å². The van der Waals surface area contributed by atoms with Gasteiger partial charge in [0.15, 0.2) is 0 Å². The van der Waals surface area contributed by atoms with Crippen LogP contribution in [0.5, 0.6) is 5.75 Å². The molecule has 1 spiro atoms. The quantitative estimate of drug-likeness (QED) is 0.753. The van der Waals surface area contributed by atoms with Gasteiger partial charge in [0.05, 0.1) is 0 Å². The predicted octanol–water partition coefficient (Wildman–Crippen LogP) is 4.61. The molecule has 104 valence electrons. The Labute approximate surface area is 120 Å². The lowest BCUT2D eigenvalue weighted by atomic mass is 9.79. The first kappa shape index (κ1) is 13.3. The standard InChI is InChI=1S/C16H22ClNO/c17-12-6-7-15-13(10-12)14(18)11-16(19-15)8-4-2-1-3-5-9-16/h6-7,10,14H,1-5,8-9,11,18H2. The molecule has 0 saturated heterocycles. The first-order valence-electron chi connectivity index (χ1n) is 7.43. The van der Waals surface area contributed by atoms with Gasteiger partial charge in [0.2, 0.25) is 0 Å². The summed E-state index contributed by atoms with van der Waals surface area (Å²) >= 11 is 6.06. The summed E-state index contributed by atoms with van der Waals surface area (Å²) < 4.78 is 6.38. The summed E-state index contributed by atoms with van der Waals surface area (Å²) in [7, 11) is 0. The molecule has 19 heavy (non-hydrogen) atoms. The molecule has 3 heteroatoms. The van der Waals surface area contributed by atoms with Crippen molar-refractivity contribution >= 4 is 11.6 Å². The minimum atomic E-state index is -0.0271. The maximum atomic E-state index is 6.38. The number of benzene rings is 1. The summed E-state index contributed by atoms with van der Waals surface area (Å²) in [6.45, 7) is 0. The second kappa shape index (κ2) is 5.34. The van der Waals surface area contributed by atoms with Crippen molar-refractivity contribution in [2.45, 2.75) is 63.0 Å². The number of nitrogens with two attached hydrogens (primary N) is 1. The van der Waals surface area contributed by atoms with Crippen LogP contribution in [0.25, 0.3) is 0 Å². The summed E-state index contributed by atoms with van der Waals surface area (Å²) in [5.74, 6) is 0.948. The second-order valence-electron chi connectivity index (χ2n) is 6.05. The average molecular weight is 280 g/mol. The SMILES string of the molecule is NC1CC2(CCCCCCC2)Oc2ccc(Cl)cc21. The molecule has 1 aliphatic carbocycles. The molecule has 1 saturated carbocycles. The number of rotatable bonds is 0. The Kier molecular flexibility index (Phi) is 3.72. The molecule has 2 N–H and O–H groups in total. The van der Waals surface area contributed by atoms with E-state index in [1.165, 1.54) is 32.1 Å². The lowest BCUT2D eigenvalue weighted by Crippen LogP contribution is -2.43. The molecule has 3 rings (SSSR count). The Morgan fingerprint density at radius 1 is 1.11 bits per heavy atom. The van der Waals surface area contributed by atoms with Gasteiger partial charge in [-0.15, -0.1) is 0 Å². The third-order valence-corrected chi connectivity index (χ3v) is 4.79. The fourth-order valence-corrected chi connectivity index (χ4v) is 3.72. The van der Waals surface area contributed by atoms with E-state index in [9.17, 15) is 0 Å². The number of halogens is 1. The molecular weight excluding hydrogens is 258 g/mol. The average Bonchev–Trinajstić information content (AvgIpc) is 2.36. The Balaban J connectivity index is 1.88. The monoisotopic (exact) mass is 279 g/mol. The molecule has 1 aromatic carbocycles. The molecule has 0 bridgehead atoms. The van der Waals surface area contributed by atoms with Crippen LogP contribution in [0.2, 0.25) is 5.02 Å². The topological polar surface area (TPSA) is 35.2 Å². The number of hydrogen-bond acceptors (Lipinski definition) is 2. The summed E-state index contributed by atoms with van der Waals surface area (Å²) in [5, 5.41) is 0.742. The number of hydrogen-bond donors (Lipinski definition) is 1. The third kappa shape index (κ3) is 2.75. The molecule has 1 atom stereocenters. The van der Waals surface area contributed by atoms with Crippen LogP contribution in [0.4, 0.5) is 0 Å². The largest absolute Gasteiger partial charge is 0.487 e. The van der Waals surface area contributed by atoms with Gasteiger partial charge in [-0.25, -0.2) is 0 Å². The van der Waals surface area contributed by atoms with Crippen molar-refractivity contribution in [3.8, 4) is 5.75 Å². The van der Waals surface area contributed by atoms with Crippen LogP contribution in [0.1, 0.15) is 63.0 Å². The van der Waals surface area contributed by atoms with E-state index >= 15 is 0 Å². The van der Waals surface area contributed by atoms with Crippen LogP contribution in [-0.4, -0.2) is 5.60 Å². The van der Waals surface area contributed by atoms with Crippen LogP contribution in [0, 0.1) is 0 Å². The van der Waals surface area contributed by atoms with E-state index < -0.39 is 0 Å². The third-order valence-electron chi connectivity index (χ3n) is 4.55. The maximum absolute atomic E-state index is 6.38. The Morgan fingerprint density at radius 3 is 2.53 bits per heavy atom. The van der Waals surface area contributed by atoms with Crippen LogP contribution >= 0.6 is 11.6 Å².